The molecule has 0 spiro atoms. The maximum Gasteiger partial charge on any atom is 0.329 e. The van der Waals surface area contributed by atoms with E-state index in [4.69, 9.17) is 40.5 Å². The molecule has 0 bridgehead atoms. The monoisotopic (exact) mass is 256 g/mol. The molecule has 7 N–H and O–H groups in total. The number of carboxylic acids is 1. The summed E-state index contributed by atoms with van der Waals surface area (Å²) in [4.78, 5) is 19.0. The number of hydrogen-bond donors (Lipinski definition) is 7. The summed E-state index contributed by atoms with van der Waals surface area (Å²) in [6.45, 7) is -1.54. The van der Waals surface area contributed by atoms with Crippen LogP contribution in [0.3, 0.4) is 0 Å². The highest BCUT2D eigenvalue weighted by atomic mass is 16.4. The Kier molecular flexibility index (Phi) is 10.8. The van der Waals surface area contributed by atoms with Gasteiger partial charge in [-0.1, -0.05) is 0 Å². The molecule has 9 nitrogen and oxygen atoms in total. The molecular weight excluding hydrogens is 240 g/mol. The molecule has 0 amide bonds. The SMILES string of the molecule is O=C(O)CO.O=CC(O)C(O)C(O)C(O)CO. The minimum atomic E-state index is -1.79. The van der Waals surface area contributed by atoms with E-state index in [-0.39, 0.29) is 6.29 Å². The molecule has 0 saturated carbocycles. The van der Waals surface area contributed by atoms with Crippen molar-refractivity contribution in [3.05, 3.63) is 0 Å². The van der Waals surface area contributed by atoms with Crippen LogP contribution in [0.5, 0.6) is 0 Å². The number of aliphatic hydroxyl groups excluding tert-OH is 6. The van der Waals surface area contributed by atoms with Crippen LogP contribution in [0.4, 0.5) is 0 Å². The largest absolute Gasteiger partial charge is 0.480 e. The predicted molar refractivity (Wildman–Crippen MR) is 51.9 cm³/mol. The number of carbonyl (C=O) groups is 2. The molecule has 0 aromatic heterocycles. The van der Waals surface area contributed by atoms with E-state index in [2.05, 4.69) is 0 Å². The van der Waals surface area contributed by atoms with Crippen molar-refractivity contribution in [1.82, 2.24) is 0 Å². The van der Waals surface area contributed by atoms with Crippen molar-refractivity contribution >= 4 is 12.3 Å². The molecule has 0 heterocycles. The van der Waals surface area contributed by atoms with Gasteiger partial charge in [-0.25, -0.2) is 4.79 Å². The van der Waals surface area contributed by atoms with Crippen molar-refractivity contribution in [3.63, 3.8) is 0 Å². The van der Waals surface area contributed by atoms with Crippen molar-refractivity contribution in [2.75, 3.05) is 13.2 Å². The normalized spacial score (nSPS) is 17.1. The third kappa shape index (κ3) is 8.68. The van der Waals surface area contributed by atoms with Gasteiger partial charge in [0.25, 0.3) is 0 Å². The maximum atomic E-state index is 9.90. The maximum absolute atomic E-state index is 9.90. The first kappa shape index (κ1) is 18.3. The van der Waals surface area contributed by atoms with E-state index in [1.807, 2.05) is 0 Å². The van der Waals surface area contributed by atoms with E-state index in [9.17, 15) is 4.79 Å². The molecule has 0 aliphatic rings. The molecule has 17 heavy (non-hydrogen) atoms. The summed E-state index contributed by atoms with van der Waals surface area (Å²) in [6.07, 6.45) is -6.84. The molecule has 0 aromatic carbocycles. The van der Waals surface area contributed by atoms with Crippen LogP contribution in [0.25, 0.3) is 0 Å². The van der Waals surface area contributed by atoms with E-state index < -0.39 is 43.6 Å². The lowest BCUT2D eigenvalue weighted by atomic mass is 10.0. The molecule has 0 aliphatic heterocycles. The Morgan fingerprint density at radius 1 is 1.06 bits per heavy atom. The van der Waals surface area contributed by atoms with E-state index in [0.29, 0.717) is 0 Å². The van der Waals surface area contributed by atoms with Gasteiger partial charge in [-0.3, -0.25) is 0 Å². The molecule has 102 valence electrons. The Morgan fingerprint density at radius 2 is 1.47 bits per heavy atom. The first-order chi connectivity index (χ1) is 7.81. The molecule has 9 heteroatoms. The van der Waals surface area contributed by atoms with Gasteiger partial charge >= 0.3 is 5.97 Å². The molecule has 0 fully saturated rings. The van der Waals surface area contributed by atoms with Crippen LogP contribution in [0, 0.1) is 0 Å². The van der Waals surface area contributed by atoms with Crippen molar-refractivity contribution in [2.45, 2.75) is 24.4 Å². The summed E-state index contributed by atoms with van der Waals surface area (Å²) in [7, 11) is 0. The van der Waals surface area contributed by atoms with Crippen LogP contribution in [0.15, 0.2) is 0 Å². The van der Waals surface area contributed by atoms with Crippen molar-refractivity contribution < 1.29 is 45.3 Å². The minimum absolute atomic E-state index is 0.0258. The van der Waals surface area contributed by atoms with Crippen LogP contribution in [0.1, 0.15) is 0 Å². The van der Waals surface area contributed by atoms with Crippen LogP contribution >= 0.6 is 0 Å². The number of rotatable bonds is 6. The van der Waals surface area contributed by atoms with Crippen molar-refractivity contribution in [1.29, 1.82) is 0 Å². The number of carboxylic acid groups (broad SMARTS) is 1. The van der Waals surface area contributed by atoms with Crippen molar-refractivity contribution in [3.8, 4) is 0 Å². The van der Waals surface area contributed by atoms with E-state index in [1.165, 1.54) is 0 Å². The molecule has 0 saturated heterocycles. The summed E-state index contributed by atoms with van der Waals surface area (Å²) in [5, 5.41) is 58.6. The fourth-order valence-corrected chi connectivity index (χ4v) is 0.618. The molecular formula is C8H16O9. The number of carbonyl (C=O) groups excluding carboxylic acids is 1. The average molecular weight is 256 g/mol. The molecule has 0 aliphatic carbocycles. The van der Waals surface area contributed by atoms with Gasteiger partial charge in [0.05, 0.1) is 6.61 Å². The second kappa shape index (κ2) is 10.1. The molecule has 4 atom stereocenters. The predicted octanol–water partition coefficient (Wildman–Crippen LogP) is -4.32. The molecule has 0 rings (SSSR count). The summed E-state index contributed by atoms with van der Waals surface area (Å²) in [6, 6.07) is 0. The fraction of sp³-hybridized carbons (Fsp3) is 0.750. The summed E-state index contributed by atoms with van der Waals surface area (Å²) in [5.74, 6) is -1.19. The van der Waals surface area contributed by atoms with E-state index >= 15 is 0 Å². The zero-order valence-electron chi connectivity index (χ0n) is 8.75. The third-order valence-corrected chi connectivity index (χ3v) is 1.56. The number of aldehydes is 1. The average Bonchev–Trinajstić information content (AvgIpc) is 2.35. The Labute approximate surface area is 96.2 Å². The second-order valence-corrected chi connectivity index (χ2v) is 2.91. The van der Waals surface area contributed by atoms with Gasteiger partial charge in [-0.05, 0) is 0 Å². The van der Waals surface area contributed by atoms with Crippen LogP contribution in [-0.2, 0) is 9.59 Å². The Morgan fingerprint density at radius 3 is 1.71 bits per heavy atom. The van der Waals surface area contributed by atoms with Crippen LogP contribution in [0.2, 0.25) is 0 Å². The number of aliphatic carboxylic acids is 1. The van der Waals surface area contributed by atoms with Gasteiger partial charge in [-0.15, -0.1) is 0 Å². The lowest BCUT2D eigenvalue weighted by Gasteiger charge is -2.22. The molecule has 0 radical (unpaired) electrons. The van der Waals surface area contributed by atoms with Gasteiger partial charge in [0.2, 0.25) is 0 Å². The van der Waals surface area contributed by atoms with Gasteiger partial charge in [-0.2, -0.15) is 0 Å². The highest BCUT2D eigenvalue weighted by Crippen LogP contribution is 2.02. The van der Waals surface area contributed by atoms with Crippen molar-refractivity contribution in [2.24, 2.45) is 0 Å². The Balaban J connectivity index is 0. The molecule has 0 aromatic rings. The lowest BCUT2D eigenvalue weighted by molar-refractivity contribution is -0.140. The summed E-state index contributed by atoms with van der Waals surface area (Å²) in [5.41, 5.74) is 0. The van der Waals surface area contributed by atoms with Crippen LogP contribution in [-0.4, -0.2) is 85.6 Å². The first-order valence-corrected chi connectivity index (χ1v) is 4.42. The quantitative estimate of drug-likeness (QED) is 0.232. The minimum Gasteiger partial charge on any atom is -0.480 e. The standard InChI is InChI=1S/C6H12O6.C2H4O3/c7-1-3(9)5(11)6(12)4(10)2-8;3-1-2(4)5/h1,3-6,8-12H,2H2;3H,1H2,(H,4,5). The van der Waals surface area contributed by atoms with Crippen LogP contribution < -0.4 is 0 Å². The number of aliphatic hydroxyl groups is 6. The second-order valence-electron chi connectivity index (χ2n) is 2.91. The van der Waals surface area contributed by atoms with Gasteiger partial charge in [0.15, 0.2) is 6.29 Å². The fourth-order valence-electron chi connectivity index (χ4n) is 0.618. The first-order valence-electron chi connectivity index (χ1n) is 4.42. The zero-order chi connectivity index (χ0) is 14.0. The number of hydrogen-bond acceptors (Lipinski definition) is 8. The lowest BCUT2D eigenvalue weighted by Crippen LogP contribution is -2.46. The summed E-state index contributed by atoms with van der Waals surface area (Å²) < 4.78 is 0. The third-order valence-electron chi connectivity index (χ3n) is 1.56. The highest BCUT2D eigenvalue weighted by molar-refractivity contribution is 5.67. The van der Waals surface area contributed by atoms with E-state index in [0.717, 1.165) is 0 Å². The molecule has 4 unspecified atom stereocenters. The topological polar surface area (TPSA) is 176 Å². The Hall–Kier alpha value is -1.10. The highest BCUT2D eigenvalue weighted by Gasteiger charge is 2.29. The smallest absolute Gasteiger partial charge is 0.329 e. The summed E-state index contributed by atoms with van der Waals surface area (Å²) >= 11 is 0. The van der Waals surface area contributed by atoms with Gasteiger partial charge in [0, 0.05) is 0 Å². The van der Waals surface area contributed by atoms with E-state index in [1.54, 1.807) is 0 Å². The van der Waals surface area contributed by atoms with Gasteiger partial charge in [0.1, 0.15) is 31.0 Å². The zero-order valence-corrected chi connectivity index (χ0v) is 8.75. The Bertz CT molecular complexity index is 219. The van der Waals surface area contributed by atoms with Gasteiger partial charge < -0.3 is 40.5 Å².